The van der Waals surface area contributed by atoms with Crippen molar-refractivity contribution in [2.45, 2.75) is 6.92 Å². The molecule has 0 aliphatic rings. The third-order valence-corrected chi connectivity index (χ3v) is 4.97. The first-order chi connectivity index (χ1) is 11.0. The summed E-state index contributed by atoms with van der Waals surface area (Å²) in [5.41, 5.74) is 2.43. The average Bonchev–Trinajstić information content (AvgIpc) is 2.88. The highest BCUT2D eigenvalue weighted by atomic mass is 35.5. The number of fused-ring (bicyclic) bond motifs is 2. The topological polar surface area (TPSA) is 66.0 Å². The molecular formula is C17H11ClN2O2S. The highest BCUT2D eigenvalue weighted by Gasteiger charge is 2.15. The fourth-order valence-electron chi connectivity index (χ4n) is 2.70. The van der Waals surface area contributed by atoms with E-state index in [2.05, 4.69) is 9.97 Å². The Kier molecular flexibility index (Phi) is 3.14. The van der Waals surface area contributed by atoms with Gasteiger partial charge in [0.2, 0.25) is 0 Å². The predicted molar refractivity (Wildman–Crippen MR) is 94.6 cm³/mol. The summed E-state index contributed by atoms with van der Waals surface area (Å²) < 4.78 is 0. The minimum absolute atomic E-state index is 0.0200. The van der Waals surface area contributed by atoms with Crippen molar-refractivity contribution in [3.63, 3.8) is 0 Å². The molecule has 0 aliphatic carbocycles. The lowest BCUT2D eigenvalue weighted by Gasteiger charge is -2.07. The molecule has 114 valence electrons. The van der Waals surface area contributed by atoms with Crippen molar-refractivity contribution < 1.29 is 5.11 Å². The Labute approximate surface area is 140 Å². The maximum atomic E-state index is 12.9. The number of aromatic nitrogens is 2. The molecule has 3 heterocycles. The molecule has 0 aliphatic heterocycles. The Hall–Kier alpha value is -2.37. The van der Waals surface area contributed by atoms with Crippen LogP contribution in [0.3, 0.4) is 0 Å². The van der Waals surface area contributed by atoms with E-state index in [4.69, 9.17) is 11.6 Å². The van der Waals surface area contributed by atoms with Crippen molar-refractivity contribution in [1.29, 1.82) is 0 Å². The second kappa shape index (κ2) is 5.08. The maximum Gasteiger partial charge on any atom is 0.199 e. The number of H-pyrrole nitrogens is 1. The molecular weight excluding hydrogens is 332 g/mol. The van der Waals surface area contributed by atoms with Crippen LogP contribution < -0.4 is 5.43 Å². The molecule has 0 fully saturated rings. The van der Waals surface area contributed by atoms with Gasteiger partial charge in [0.1, 0.15) is 9.66 Å². The van der Waals surface area contributed by atoms with Crippen LogP contribution in [0.5, 0.6) is 5.88 Å². The summed E-state index contributed by atoms with van der Waals surface area (Å²) >= 11 is 7.32. The molecule has 23 heavy (non-hydrogen) atoms. The van der Waals surface area contributed by atoms with Crippen LogP contribution >= 0.6 is 22.9 Å². The number of nitrogens with zero attached hydrogens (tertiary/aromatic N) is 1. The summed E-state index contributed by atoms with van der Waals surface area (Å²) in [4.78, 5) is 21.4. The number of pyridine rings is 1. The lowest BCUT2D eigenvalue weighted by atomic mass is 10.0. The number of aromatic amines is 1. The fraction of sp³-hybridized carbons (Fsp3) is 0.0588. The normalized spacial score (nSPS) is 11.4. The van der Waals surface area contributed by atoms with Gasteiger partial charge in [-0.05, 0) is 36.2 Å². The van der Waals surface area contributed by atoms with Gasteiger partial charge in [-0.25, -0.2) is 4.98 Å². The number of halogens is 1. The monoisotopic (exact) mass is 342 g/mol. The largest absolute Gasteiger partial charge is 0.495 e. The molecule has 0 unspecified atom stereocenters. The molecule has 1 aromatic carbocycles. The van der Waals surface area contributed by atoms with Gasteiger partial charge in [0.25, 0.3) is 0 Å². The molecule has 4 aromatic rings. The van der Waals surface area contributed by atoms with Crippen molar-refractivity contribution in [2.24, 2.45) is 0 Å². The van der Waals surface area contributed by atoms with Crippen LogP contribution in [-0.4, -0.2) is 15.1 Å². The zero-order valence-corrected chi connectivity index (χ0v) is 13.6. The number of hydrogen-bond acceptors (Lipinski definition) is 4. The smallest absolute Gasteiger partial charge is 0.199 e. The molecule has 0 amide bonds. The number of rotatable bonds is 1. The van der Waals surface area contributed by atoms with E-state index in [0.29, 0.717) is 25.5 Å². The summed E-state index contributed by atoms with van der Waals surface area (Å²) in [5, 5.41) is 11.3. The summed E-state index contributed by atoms with van der Waals surface area (Å²) in [5.74, 6) is -0.0200. The van der Waals surface area contributed by atoms with E-state index in [-0.39, 0.29) is 11.3 Å². The van der Waals surface area contributed by atoms with Crippen molar-refractivity contribution in [2.75, 3.05) is 0 Å². The second-order valence-electron chi connectivity index (χ2n) is 5.33. The van der Waals surface area contributed by atoms with Gasteiger partial charge in [0.15, 0.2) is 11.3 Å². The zero-order valence-electron chi connectivity index (χ0n) is 12.1. The SMILES string of the molecule is Cc1cc(-c2ccc(Cl)cc2)c2c(=O)c3cc(O)[nH]c3sc2n1. The van der Waals surface area contributed by atoms with Gasteiger partial charge in [-0.2, -0.15) is 0 Å². The van der Waals surface area contributed by atoms with E-state index in [9.17, 15) is 9.90 Å². The second-order valence-corrected chi connectivity index (χ2v) is 6.76. The number of aryl methyl sites for hydroxylation is 1. The summed E-state index contributed by atoms with van der Waals surface area (Å²) in [6.07, 6.45) is 0. The predicted octanol–water partition coefficient (Wildman–Crippen LogP) is 4.47. The van der Waals surface area contributed by atoms with E-state index < -0.39 is 0 Å². The van der Waals surface area contributed by atoms with Crippen LogP contribution in [0.2, 0.25) is 5.02 Å². The van der Waals surface area contributed by atoms with Crippen molar-refractivity contribution in [3.8, 4) is 17.0 Å². The first-order valence-electron chi connectivity index (χ1n) is 6.95. The average molecular weight is 343 g/mol. The van der Waals surface area contributed by atoms with E-state index >= 15 is 0 Å². The summed E-state index contributed by atoms with van der Waals surface area (Å²) in [6.45, 7) is 1.90. The van der Waals surface area contributed by atoms with Crippen LogP contribution in [0.15, 0.2) is 41.2 Å². The minimum Gasteiger partial charge on any atom is -0.495 e. The molecule has 0 saturated carbocycles. The molecule has 4 nitrogen and oxygen atoms in total. The van der Waals surface area contributed by atoms with Gasteiger partial charge in [-0.3, -0.25) is 4.79 Å². The van der Waals surface area contributed by atoms with Crippen LogP contribution in [0.25, 0.3) is 31.6 Å². The first-order valence-corrected chi connectivity index (χ1v) is 8.14. The third-order valence-electron chi connectivity index (χ3n) is 3.71. The van der Waals surface area contributed by atoms with E-state index in [1.54, 1.807) is 12.1 Å². The Bertz CT molecular complexity index is 1110. The maximum absolute atomic E-state index is 12.9. The van der Waals surface area contributed by atoms with Gasteiger partial charge >= 0.3 is 0 Å². The molecule has 0 radical (unpaired) electrons. The van der Waals surface area contributed by atoms with Crippen molar-refractivity contribution in [1.82, 2.24) is 9.97 Å². The lowest BCUT2D eigenvalue weighted by Crippen LogP contribution is -2.03. The van der Waals surface area contributed by atoms with Crippen molar-refractivity contribution >= 4 is 43.4 Å². The number of hydrogen-bond donors (Lipinski definition) is 2. The highest BCUT2D eigenvalue weighted by molar-refractivity contribution is 7.23. The Morgan fingerprint density at radius 2 is 1.96 bits per heavy atom. The molecule has 0 bridgehead atoms. The minimum atomic E-state index is -0.136. The standard InChI is InChI=1S/C17H11ClN2O2S/c1-8-6-11(9-2-4-10(18)5-3-9)14-15(22)12-7-13(21)20-16(12)23-17(14)19-8/h2-7,20-21H,1H3. The Morgan fingerprint density at radius 1 is 1.22 bits per heavy atom. The van der Waals surface area contributed by atoms with Crippen LogP contribution in [0, 0.1) is 6.92 Å². The fourth-order valence-corrected chi connectivity index (χ4v) is 3.93. The van der Waals surface area contributed by atoms with Crippen molar-refractivity contribution in [3.05, 3.63) is 57.3 Å². The Balaban J connectivity index is 2.16. The van der Waals surface area contributed by atoms with E-state index in [0.717, 1.165) is 16.8 Å². The number of aromatic hydroxyl groups is 1. The lowest BCUT2D eigenvalue weighted by molar-refractivity contribution is 0.458. The molecule has 4 rings (SSSR count). The quantitative estimate of drug-likeness (QED) is 0.536. The summed E-state index contributed by atoms with van der Waals surface area (Å²) in [6, 6.07) is 10.7. The van der Waals surface area contributed by atoms with Gasteiger partial charge < -0.3 is 10.1 Å². The van der Waals surface area contributed by atoms with Crippen LogP contribution in [0.4, 0.5) is 0 Å². The summed E-state index contributed by atoms with van der Waals surface area (Å²) in [7, 11) is 0. The van der Waals surface area contributed by atoms with Gasteiger partial charge in [-0.1, -0.05) is 35.1 Å². The molecule has 2 N–H and O–H groups in total. The number of benzene rings is 1. The zero-order chi connectivity index (χ0) is 16.1. The van der Waals surface area contributed by atoms with Crippen LogP contribution in [-0.2, 0) is 0 Å². The van der Waals surface area contributed by atoms with Crippen LogP contribution in [0.1, 0.15) is 5.69 Å². The highest BCUT2D eigenvalue weighted by Crippen LogP contribution is 2.32. The van der Waals surface area contributed by atoms with E-state index in [1.165, 1.54) is 17.4 Å². The molecule has 0 spiro atoms. The van der Waals surface area contributed by atoms with Gasteiger partial charge in [0.05, 0.1) is 10.8 Å². The first kappa shape index (κ1) is 14.2. The van der Waals surface area contributed by atoms with Gasteiger partial charge in [-0.15, -0.1) is 0 Å². The molecule has 0 atom stereocenters. The third kappa shape index (κ3) is 2.29. The van der Waals surface area contributed by atoms with E-state index in [1.807, 2.05) is 25.1 Å². The number of nitrogens with one attached hydrogen (secondary N) is 1. The van der Waals surface area contributed by atoms with Gasteiger partial charge in [0, 0.05) is 16.8 Å². The Morgan fingerprint density at radius 3 is 2.70 bits per heavy atom. The molecule has 6 heteroatoms. The molecule has 3 aromatic heterocycles. The molecule has 0 saturated heterocycles.